The summed E-state index contributed by atoms with van der Waals surface area (Å²) in [6.45, 7) is 1.74. The first-order valence-electron chi connectivity index (χ1n) is 5.90. The SMILES string of the molecule is O=C(O)CC(NC(=O)CC1CNC1)c1cccs1. The number of carboxylic acids is 1. The van der Waals surface area contributed by atoms with Crippen LogP contribution >= 0.6 is 11.3 Å². The van der Waals surface area contributed by atoms with E-state index in [1.54, 1.807) is 0 Å². The van der Waals surface area contributed by atoms with Gasteiger partial charge in [-0.3, -0.25) is 9.59 Å². The Kier molecular flexibility index (Phi) is 4.33. The highest BCUT2D eigenvalue weighted by Gasteiger charge is 2.23. The molecule has 1 amide bonds. The molecule has 6 heteroatoms. The van der Waals surface area contributed by atoms with E-state index in [0.29, 0.717) is 12.3 Å². The van der Waals surface area contributed by atoms with Crippen LogP contribution in [0, 0.1) is 5.92 Å². The normalized spacial score (nSPS) is 16.9. The molecular weight excluding hydrogens is 252 g/mol. The number of carboxylic acid groups (broad SMARTS) is 1. The number of nitrogens with one attached hydrogen (secondary N) is 2. The summed E-state index contributed by atoms with van der Waals surface area (Å²) in [5.41, 5.74) is 0. The first-order chi connectivity index (χ1) is 8.65. The average Bonchev–Trinajstić information content (AvgIpc) is 2.75. The predicted molar refractivity (Wildman–Crippen MR) is 68.4 cm³/mol. The van der Waals surface area contributed by atoms with Gasteiger partial charge in [0.25, 0.3) is 0 Å². The molecule has 2 rings (SSSR count). The highest BCUT2D eigenvalue weighted by Crippen LogP contribution is 2.22. The zero-order valence-electron chi connectivity index (χ0n) is 9.89. The van der Waals surface area contributed by atoms with Crippen LogP contribution in [0.2, 0.25) is 0 Å². The molecule has 3 N–H and O–H groups in total. The van der Waals surface area contributed by atoms with Gasteiger partial charge < -0.3 is 15.7 Å². The van der Waals surface area contributed by atoms with Gasteiger partial charge in [-0.2, -0.15) is 0 Å². The van der Waals surface area contributed by atoms with Crippen molar-refractivity contribution in [3.63, 3.8) is 0 Å². The van der Waals surface area contributed by atoms with Crippen LogP contribution in [-0.4, -0.2) is 30.1 Å². The molecule has 98 valence electrons. The van der Waals surface area contributed by atoms with Crippen molar-refractivity contribution >= 4 is 23.2 Å². The molecule has 1 aliphatic rings. The summed E-state index contributed by atoms with van der Waals surface area (Å²) in [7, 11) is 0. The van der Waals surface area contributed by atoms with E-state index in [0.717, 1.165) is 18.0 Å². The maximum atomic E-state index is 11.8. The largest absolute Gasteiger partial charge is 0.481 e. The molecule has 1 aromatic heterocycles. The van der Waals surface area contributed by atoms with E-state index < -0.39 is 12.0 Å². The minimum Gasteiger partial charge on any atom is -0.481 e. The van der Waals surface area contributed by atoms with Gasteiger partial charge in [0.05, 0.1) is 12.5 Å². The number of thiophene rings is 1. The van der Waals surface area contributed by atoms with Crippen molar-refractivity contribution in [2.24, 2.45) is 5.92 Å². The number of rotatable bonds is 6. The van der Waals surface area contributed by atoms with Crippen LogP contribution in [0.1, 0.15) is 23.8 Å². The molecule has 1 unspecified atom stereocenters. The Morgan fingerprint density at radius 2 is 2.33 bits per heavy atom. The number of hydrogen-bond acceptors (Lipinski definition) is 4. The standard InChI is InChI=1S/C12H16N2O3S/c15-11(4-8-6-13-7-8)14-9(5-12(16)17)10-2-1-3-18-10/h1-3,8-9,13H,4-7H2,(H,14,15)(H,16,17). The summed E-state index contributed by atoms with van der Waals surface area (Å²) >= 11 is 1.46. The van der Waals surface area contributed by atoms with Gasteiger partial charge in [0.15, 0.2) is 0 Å². The number of carbonyl (C=O) groups excluding carboxylic acids is 1. The van der Waals surface area contributed by atoms with Crippen LogP contribution in [0.4, 0.5) is 0 Å². The summed E-state index contributed by atoms with van der Waals surface area (Å²) in [6, 6.07) is 3.29. The predicted octanol–water partition coefficient (Wildman–Crippen LogP) is 0.990. The monoisotopic (exact) mass is 268 g/mol. The van der Waals surface area contributed by atoms with Gasteiger partial charge in [-0.15, -0.1) is 11.3 Å². The second-order valence-electron chi connectivity index (χ2n) is 4.46. The highest BCUT2D eigenvalue weighted by atomic mass is 32.1. The van der Waals surface area contributed by atoms with Crippen LogP contribution in [0.15, 0.2) is 17.5 Å². The third-order valence-electron chi connectivity index (χ3n) is 2.94. The van der Waals surface area contributed by atoms with Crippen molar-refractivity contribution in [3.8, 4) is 0 Å². The lowest BCUT2D eigenvalue weighted by Crippen LogP contribution is -2.45. The molecule has 1 saturated heterocycles. The van der Waals surface area contributed by atoms with E-state index in [1.165, 1.54) is 11.3 Å². The molecule has 0 bridgehead atoms. The smallest absolute Gasteiger partial charge is 0.305 e. The second-order valence-corrected chi connectivity index (χ2v) is 5.44. The first kappa shape index (κ1) is 13.0. The Bertz CT molecular complexity index is 415. The third kappa shape index (κ3) is 3.54. The molecule has 0 radical (unpaired) electrons. The minimum atomic E-state index is -0.904. The highest BCUT2D eigenvalue weighted by molar-refractivity contribution is 7.10. The van der Waals surface area contributed by atoms with Crippen LogP contribution in [-0.2, 0) is 9.59 Å². The molecule has 1 aliphatic heterocycles. The lowest BCUT2D eigenvalue weighted by Gasteiger charge is -2.27. The molecule has 0 saturated carbocycles. The van der Waals surface area contributed by atoms with E-state index in [2.05, 4.69) is 10.6 Å². The molecule has 18 heavy (non-hydrogen) atoms. The molecule has 0 aromatic carbocycles. The van der Waals surface area contributed by atoms with Crippen molar-refractivity contribution < 1.29 is 14.7 Å². The van der Waals surface area contributed by atoms with Crippen LogP contribution in [0.25, 0.3) is 0 Å². The third-order valence-corrected chi connectivity index (χ3v) is 3.93. The molecular formula is C12H16N2O3S. The fourth-order valence-electron chi connectivity index (χ4n) is 1.90. The molecule has 1 aromatic rings. The summed E-state index contributed by atoms with van der Waals surface area (Å²) in [6.07, 6.45) is 0.393. The molecule has 2 heterocycles. The fourth-order valence-corrected chi connectivity index (χ4v) is 2.67. The lowest BCUT2D eigenvalue weighted by molar-refractivity contribution is -0.137. The van der Waals surface area contributed by atoms with Gasteiger partial charge in [0.1, 0.15) is 0 Å². The van der Waals surface area contributed by atoms with Gasteiger partial charge in [-0.1, -0.05) is 6.07 Å². The Hall–Kier alpha value is -1.40. The van der Waals surface area contributed by atoms with Crippen molar-refractivity contribution in [1.82, 2.24) is 10.6 Å². The Labute approximate surface area is 109 Å². The summed E-state index contributed by atoms with van der Waals surface area (Å²) in [5, 5.41) is 16.7. The average molecular weight is 268 g/mol. The molecule has 5 nitrogen and oxygen atoms in total. The van der Waals surface area contributed by atoms with Gasteiger partial charge in [-0.05, 0) is 30.5 Å². The van der Waals surface area contributed by atoms with E-state index in [9.17, 15) is 9.59 Å². The Morgan fingerprint density at radius 1 is 1.56 bits per heavy atom. The van der Waals surface area contributed by atoms with E-state index in [-0.39, 0.29) is 12.3 Å². The van der Waals surface area contributed by atoms with Gasteiger partial charge in [-0.25, -0.2) is 0 Å². The summed E-state index contributed by atoms with van der Waals surface area (Å²) < 4.78 is 0. The Morgan fingerprint density at radius 3 is 2.83 bits per heavy atom. The maximum Gasteiger partial charge on any atom is 0.305 e. The van der Waals surface area contributed by atoms with Crippen LogP contribution in [0.5, 0.6) is 0 Å². The van der Waals surface area contributed by atoms with Crippen molar-refractivity contribution in [2.45, 2.75) is 18.9 Å². The number of hydrogen-bond donors (Lipinski definition) is 3. The van der Waals surface area contributed by atoms with Crippen LogP contribution in [0.3, 0.4) is 0 Å². The topological polar surface area (TPSA) is 78.4 Å². The van der Waals surface area contributed by atoms with E-state index in [1.807, 2.05) is 17.5 Å². The van der Waals surface area contributed by atoms with E-state index in [4.69, 9.17) is 5.11 Å². The van der Waals surface area contributed by atoms with Gasteiger partial charge in [0.2, 0.25) is 5.91 Å². The van der Waals surface area contributed by atoms with Gasteiger partial charge in [0, 0.05) is 11.3 Å². The summed E-state index contributed by atoms with van der Waals surface area (Å²) in [5.74, 6) is -0.584. The van der Waals surface area contributed by atoms with E-state index >= 15 is 0 Å². The minimum absolute atomic E-state index is 0.0684. The number of aliphatic carboxylic acids is 1. The van der Waals surface area contributed by atoms with Gasteiger partial charge >= 0.3 is 5.97 Å². The van der Waals surface area contributed by atoms with Crippen molar-refractivity contribution in [3.05, 3.63) is 22.4 Å². The maximum absolute atomic E-state index is 11.8. The quantitative estimate of drug-likeness (QED) is 0.719. The molecule has 0 aliphatic carbocycles. The molecule has 1 fully saturated rings. The summed E-state index contributed by atoms with van der Waals surface area (Å²) in [4.78, 5) is 23.5. The zero-order chi connectivity index (χ0) is 13.0. The second kappa shape index (κ2) is 5.97. The molecule has 0 spiro atoms. The van der Waals surface area contributed by atoms with Crippen molar-refractivity contribution in [1.29, 1.82) is 0 Å². The van der Waals surface area contributed by atoms with Crippen LogP contribution < -0.4 is 10.6 Å². The van der Waals surface area contributed by atoms with Crippen molar-refractivity contribution in [2.75, 3.05) is 13.1 Å². The number of carbonyl (C=O) groups is 2. The fraction of sp³-hybridized carbons (Fsp3) is 0.500. The number of amides is 1. The first-order valence-corrected chi connectivity index (χ1v) is 6.78. The lowest BCUT2D eigenvalue weighted by atomic mass is 9.98. The zero-order valence-corrected chi connectivity index (χ0v) is 10.7. The Balaban J connectivity index is 1.91. The molecule has 1 atom stereocenters.